The van der Waals surface area contributed by atoms with E-state index in [9.17, 15) is 9.59 Å². The zero-order valence-electron chi connectivity index (χ0n) is 16.0. The Bertz CT molecular complexity index is 833. The van der Waals surface area contributed by atoms with Crippen LogP contribution in [0.2, 0.25) is 0 Å². The van der Waals surface area contributed by atoms with E-state index >= 15 is 0 Å². The fraction of sp³-hybridized carbons (Fsp3) is 0.500. The molecule has 144 valence electrons. The number of hydrogen-bond acceptors (Lipinski definition) is 7. The molecule has 3 rings (SSSR count). The second kappa shape index (κ2) is 7.99. The molecule has 2 aromatic heterocycles. The summed E-state index contributed by atoms with van der Waals surface area (Å²) >= 11 is 1.22. The van der Waals surface area contributed by atoms with E-state index in [2.05, 4.69) is 25.4 Å². The van der Waals surface area contributed by atoms with Gasteiger partial charge in [-0.25, -0.2) is 4.98 Å². The molecule has 1 N–H and O–H groups in total. The number of rotatable bonds is 4. The summed E-state index contributed by atoms with van der Waals surface area (Å²) in [6.45, 7) is 5.13. The van der Waals surface area contributed by atoms with Gasteiger partial charge in [-0.3, -0.25) is 9.59 Å². The van der Waals surface area contributed by atoms with E-state index in [0.717, 1.165) is 30.9 Å². The zero-order chi connectivity index (χ0) is 19.6. The van der Waals surface area contributed by atoms with Crippen molar-refractivity contribution in [2.24, 2.45) is 5.92 Å². The second-order valence-corrected chi connectivity index (χ2v) is 7.94. The third-order valence-corrected chi connectivity index (χ3v) is 5.59. The predicted molar refractivity (Wildman–Crippen MR) is 105 cm³/mol. The van der Waals surface area contributed by atoms with Crippen molar-refractivity contribution in [1.29, 1.82) is 0 Å². The fourth-order valence-corrected chi connectivity index (χ4v) is 4.01. The molecule has 1 aliphatic heterocycles. The Morgan fingerprint density at radius 3 is 2.70 bits per heavy atom. The SMILES string of the molecule is Cc1ccc(N2CCCC(C(=O)Nc3nc(C)c(C(=O)N(C)C)s3)C2)nn1. The van der Waals surface area contributed by atoms with Gasteiger partial charge in [-0.05, 0) is 38.8 Å². The second-order valence-electron chi connectivity index (χ2n) is 6.94. The van der Waals surface area contributed by atoms with Gasteiger partial charge in [-0.2, -0.15) is 5.10 Å². The van der Waals surface area contributed by atoms with Crippen LogP contribution in [0.1, 0.15) is 33.9 Å². The Kier molecular flexibility index (Phi) is 5.69. The lowest BCUT2D eigenvalue weighted by molar-refractivity contribution is -0.120. The Labute approximate surface area is 162 Å². The van der Waals surface area contributed by atoms with E-state index in [1.54, 1.807) is 21.0 Å². The number of aryl methyl sites for hydroxylation is 2. The van der Waals surface area contributed by atoms with Crippen LogP contribution in [-0.2, 0) is 4.79 Å². The van der Waals surface area contributed by atoms with Gasteiger partial charge >= 0.3 is 0 Å². The highest BCUT2D eigenvalue weighted by Gasteiger charge is 2.28. The summed E-state index contributed by atoms with van der Waals surface area (Å²) < 4.78 is 0. The molecular weight excluding hydrogens is 364 g/mol. The maximum absolute atomic E-state index is 12.7. The Morgan fingerprint density at radius 1 is 1.26 bits per heavy atom. The molecule has 3 heterocycles. The average Bonchev–Trinajstić information content (AvgIpc) is 3.01. The summed E-state index contributed by atoms with van der Waals surface area (Å²) in [7, 11) is 3.40. The molecule has 0 spiro atoms. The first kappa shape index (κ1) is 19.2. The molecule has 27 heavy (non-hydrogen) atoms. The van der Waals surface area contributed by atoms with Gasteiger partial charge < -0.3 is 15.1 Å². The molecule has 1 aliphatic rings. The number of piperidine rings is 1. The van der Waals surface area contributed by atoms with Crippen LogP contribution in [0.15, 0.2) is 12.1 Å². The van der Waals surface area contributed by atoms with Crippen molar-refractivity contribution < 1.29 is 9.59 Å². The van der Waals surface area contributed by atoms with Crippen molar-refractivity contribution in [2.45, 2.75) is 26.7 Å². The number of carbonyl (C=O) groups excluding carboxylic acids is 2. The number of carbonyl (C=O) groups is 2. The highest BCUT2D eigenvalue weighted by Crippen LogP contribution is 2.26. The van der Waals surface area contributed by atoms with Crippen molar-refractivity contribution in [3.8, 4) is 0 Å². The highest BCUT2D eigenvalue weighted by molar-refractivity contribution is 7.17. The third kappa shape index (κ3) is 4.41. The Morgan fingerprint density at radius 2 is 2.04 bits per heavy atom. The molecule has 9 heteroatoms. The standard InChI is InChI=1S/C18H24N6O2S/c1-11-7-8-14(22-21-11)24-9-5-6-13(10-24)16(25)20-18-19-12(2)15(27-18)17(26)23(3)4/h7-8,13H,5-6,9-10H2,1-4H3,(H,19,20,25). The molecule has 0 saturated carbocycles. The summed E-state index contributed by atoms with van der Waals surface area (Å²) in [5.41, 5.74) is 1.50. The molecule has 0 aromatic carbocycles. The van der Waals surface area contributed by atoms with Crippen LogP contribution >= 0.6 is 11.3 Å². The van der Waals surface area contributed by atoms with Crippen LogP contribution in [-0.4, -0.2) is 59.1 Å². The van der Waals surface area contributed by atoms with E-state index in [4.69, 9.17) is 0 Å². The topological polar surface area (TPSA) is 91.3 Å². The van der Waals surface area contributed by atoms with Gasteiger partial charge in [-0.1, -0.05) is 11.3 Å². The minimum Gasteiger partial charge on any atom is -0.354 e. The number of anilines is 2. The lowest BCUT2D eigenvalue weighted by Gasteiger charge is -2.32. The molecule has 1 atom stereocenters. The molecule has 1 saturated heterocycles. The summed E-state index contributed by atoms with van der Waals surface area (Å²) in [6.07, 6.45) is 1.73. The molecule has 8 nitrogen and oxygen atoms in total. The first-order chi connectivity index (χ1) is 12.8. The van der Waals surface area contributed by atoms with E-state index < -0.39 is 0 Å². The lowest BCUT2D eigenvalue weighted by Crippen LogP contribution is -2.41. The Hall–Kier alpha value is -2.55. The van der Waals surface area contributed by atoms with Crippen LogP contribution in [0.4, 0.5) is 10.9 Å². The van der Waals surface area contributed by atoms with Crippen molar-refractivity contribution in [3.63, 3.8) is 0 Å². The molecular formula is C18H24N6O2S. The molecule has 1 fully saturated rings. The first-order valence-electron chi connectivity index (χ1n) is 8.90. The molecule has 1 unspecified atom stereocenters. The van der Waals surface area contributed by atoms with Gasteiger partial charge in [0.05, 0.1) is 17.3 Å². The summed E-state index contributed by atoms with van der Waals surface area (Å²) in [6, 6.07) is 3.86. The van der Waals surface area contributed by atoms with Crippen molar-refractivity contribution in [2.75, 3.05) is 37.4 Å². The van der Waals surface area contributed by atoms with Crippen molar-refractivity contribution >= 4 is 34.1 Å². The normalized spacial score (nSPS) is 16.9. The van der Waals surface area contributed by atoms with Gasteiger partial charge in [0.15, 0.2) is 10.9 Å². The summed E-state index contributed by atoms with van der Waals surface area (Å²) in [5.74, 6) is 0.464. The predicted octanol–water partition coefficient (Wildman–Crippen LogP) is 2.11. The third-order valence-electron chi connectivity index (χ3n) is 4.53. The van der Waals surface area contributed by atoms with Gasteiger partial charge in [0.2, 0.25) is 5.91 Å². The quantitative estimate of drug-likeness (QED) is 0.863. The van der Waals surface area contributed by atoms with Crippen molar-refractivity contribution in [3.05, 3.63) is 28.4 Å². The smallest absolute Gasteiger partial charge is 0.265 e. The monoisotopic (exact) mass is 388 g/mol. The number of nitrogens with one attached hydrogen (secondary N) is 1. The van der Waals surface area contributed by atoms with E-state index in [1.165, 1.54) is 16.2 Å². The minimum atomic E-state index is -0.154. The van der Waals surface area contributed by atoms with Gasteiger partial charge in [0.1, 0.15) is 4.88 Å². The van der Waals surface area contributed by atoms with Crippen LogP contribution in [0.25, 0.3) is 0 Å². The van der Waals surface area contributed by atoms with Crippen LogP contribution in [0, 0.1) is 19.8 Å². The number of aromatic nitrogens is 3. The summed E-state index contributed by atoms with van der Waals surface area (Å²) in [4.78, 5) is 33.4. The van der Waals surface area contributed by atoms with Crippen LogP contribution < -0.4 is 10.2 Å². The maximum atomic E-state index is 12.7. The molecule has 0 radical (unpaired) electrons. The van der Waals surface area contributed by atoms with Crippen LogP contribution in [0.3, 0.4) is 0 Å². The van der Waals surface area contributed by atoms with Crippen LogP contribution in [0.5, 0.6) is 0 Å². The number of thiazole rings is 1. The maximum Gasteiger partial charge on any atom is 0.265 e. The summed E-state index contributed by atoms with van der Waals surface area (Å²) in [5, 5.41) is 11.7. The average molecular weight is 388 g/mol. The van der Waals surface area contributed by atoms with E-state index in [0.29, 0.717) is 22.2 Å². The molecule has 0 bridgehead atoms. The number of nitrogens with zero attached hydrogens (tertiary/aromatic N) is 5. The number of hydrogen-bond donors (Lipinski definition) is 1. The van der Waals surface area contributed by atoms with Gasteiger partial charge in [0.25, 0.3) is 5.91 Å². The van der Waals surface area contributed by atoms with Gasteiger partial charge in [0, 0.05) is 27.2 Å². The fourth-order valence-electron chi connectivity index (χ4n) is 3.02. The van der Waals surface area contributed by atoms with Crippen molar-refractivity contribution in [1.82, 2.24) is 20.1 Å². The zero-order valence-corrected chi connectivity index (χ0v) is 16.8. The highest BCUT2D eigenvalue weighted by atomic mass is 32.1. The van der Waals surface area contributed by atoms with E-state index in [1.807, 2.05) is 19.1 Å². The Balaban J connectivity index is 1.66. The van der Waals surface area contributed by atoms with Gasteiger partial charge in [-0.15, -0.1) is 5.10 Å². The first-order valence-corrected chi connectivity index (χ1v) is 9.72. The molecule has 0 aliphatic carbocycles. The lowest BCUT2D eigenvalue weighted by atomic mass is 9.97. The molecule has 2 aromatic rings. The largest absolute Gasteiger partial charge is 0.354 e. The molecule has 2 amide bonds. The van der Waals surface area contributed by atoms with E-state index in [-0.39, 0.29) is 17.7 Å². The minimum absolute atomic E-state index is 0.0719. The number of amides is 2.